The van der Waals surface area contributed by atoms with E-state index in [1.165, 1.54) is 42.5 Å². The van der Waals surface area contributed by atoms with E-state index in [1.807, 2.05) is 0 Å². The van der Waals surface area contributed by atoms with Gasteiger partial charge in [-0.1, -0.05) is 0 Å². The van der Waals surface area contributed by atoms with Gasteiger partial charge in [0.25, 0.3) is 0 Å². The summed E-state index contributed by atoms with van der Waals surface area (Å²) < 4.78 is 5.37. The van der Waals surface area contributed by atoms with Crippen molar-refractivity contribution < 1.29 is 24.5 Å². The van der Waals surface area contributed by atoms with Crippen molar-refractivity contribution in [3.05, 3.63) is 53.8 Å². The smallest absolute Gasteiger partial charge is 0.228 e. The number of furan rings is 1. The maximum Gasteiger partial charge on any atom is 0.228 e. The summed E-state index contributed by atoms with van der Waals surface area (Å²) in [6.07, 6.45) is 0. The standard InChI is InChI=1S/C15H10O5/c16-10-3-1-8(2-4-10)15(19)14-6-9-5-11(17)12(18)7-13(9)20-14/h1-7,16-18H. The van der Waals surface area contributed by atoms with E-state index >= 15 is 0 Å². The summed E-state index contributed by atoms with van der Waals surface area (Å²) in [7, 11) is 0. The molecule has 0 aliphatic carbocycles. The van der Waals surface area contributed by atoms with Crippen LogP contribution in [0, 0.1) is 0 Å². The lowest BCUT2D eigenvalue weighted by Crippen LogP contribution is -1.98. The molecule has 0 bridgehead atoms. The van der Waals surface area contributed by atoms with Gasteiger partial charge in [-0.2, -0.15) is 0 Å². The molecule has 1 aromatic heterocycles. The predicted octanol–water partition coefficient (Wildman–Crippen LogP) is 2.78. The van der Waals surface area contributed by atoms with E-state index < -0.39 is 0 Å². The lowest BCUT2D eigenvalue weighted by molar-refractivity contribution is 0.101. The average Bonchev–Trinajstić information content (AvgIpc) is 2.82. The van der Waals surface area contributed by atoms with E-state index in [-0.39, 0.29) is 28.8 Å². The van der Waals surface area contributed by atoms with Crippen LogP contribution in [0.5, 0.6) is 17.2 Å². The van der Waals surface area contributed by atoms with E-state index in [0.29, 0.717) is 16.5 Å². The molecular weight excluding hydrogens is 260 g/mol. The Kier molecular flexibility index (Phi) is 2.61. The first-order valence-electron chi connectivity index (χ1n) is 5.84. The molecule has 1 heterocycles. The van der Waals surface area contributed by atoms with Gasteiger partial charge in [0.05, 0.1) is 0 Å². The Morgan fingerprint density at radius 2 is 1.55 bits per heavy atom. The lowest BCUT2D eigenvalue weighted by Gasteiger charge is -1.97. The van der Waals surface area contributed by atoms with Crippen molar-refractivity contribution in [3.63, 3.8) is 0 Å². The SMILES string of the molecule is O=C(c1ccc(O)cc1)c1cc2cc(O)c(O)cc2o1. The molecule has 0 amide bonds. The van der Waals surface area contributed by atoms with Crippen molar-refractivity contribution in [2.24, 2.45) is 0 Å². The van der Waals surface area contributed by atoms with Gasteiger partial charge in [0.1, 0.15) is 11.3 Å². The molecule has 0 fully saturated rings. The molecule has 5 nitrogen and oxygen atoms in total. The fourth-order valence-corrected chi connectivity index (χ4v) is 1.93. The Morgan fingerprint density at radius 3 is 2.25 bits per heavy atom. The van der Waals surface area contributed by atoms with Crippen LogP contribution >= 0.6 is 0 Å². The van der Waals surface area contributed by atoms with Gasteiger partial charge in [-0.15, -0.1) is 0 Å². The molecule has 5 heteroatoms. The summed E-state index contributed by atoms with van der Waals surface area (Å²) >= 11 is 0. The first kappa shape index (κ1) is 12.1. The second-order valence-electron chi connectivity index (χ2n) is 4.37. The van der Waals surface area contributed by atoms with E-state index in [2.05, 4.69) is 0 Å². The molecule has 0 atom stereocenters. The zero-order valence-corrected chi connectivity index (χ0v) is 10.2. The van der Waals surface area contributed by atoms with Crippen molar-refractivity contribution in [2.75, 3.05) is 0 Å². The van der Waals surface area contributed by atoms with E-state index in [9.17, 15) is 20.1 Å². The minimum absolute atomic E-state index is 0.0704. The number of carbonyl (C=O) groups is 1. The Balaban J connectivity index is 2.05. The Bertz CT molecular complexity index is 760. The van der Waals surface area contributed by atoms with Gasteiger partial charge in [-0.25, -0.2) is 0 Å². The monoisotopic (exact) mass is 270 g/mol. The van der Waals surface area contributed by atoms with Gasteiger partial charge in [0.15, 0.2) is 17.3 Å². The second-order valence-corrected chi connectivity index (χ2v) is 4.37. The van der Waals surface area contributed by atoms with Gasteiger partial charge in [-0.3, -0.25) is 4.79 Å². The molecule has 0 aliphatic rings. The fourth-order valence-electron chi connectivity index (χ4n) is 1.93. The van der Waals surface area contributed by atoms with Crippen LogP contribution in [-0.4, -0.2) is 21.1 Å². The highest BCUT2D eigenvalue weighted by Gasteiger charge is 2.16. The summed E-state index contributed by atoms with van der Waals surface area (Å²) in [6, 6.07) is 9.85. The van der Waals surface area contributed by atoms with Crippen LogP contribution < -0.4 is 0 Å². The summed E-state index contributed by atoms with van der Waals surface area (Å²) in [4.78, 5) is 12.2. The van der Waals surface area contributed by atoms with Gasteiger partial charge >= 0.3 is 0 Å². The van der Waals surface area contributed by atoms with Crippen LogP contribution in [0.3, 0.4) is 0 Å². The molecule has 0 unspecified atom stereocenters. The van der Waals surface area contributed by atoms with E-state index in [4.69, 9.17) is 4.42 Å². The minimum atomic E-state index is -0.347. The fraction of sp³-hybridized carbons (Fsp3) is 0. The maximum absolute atomic E-state index is 12.2. The molecular formula is C15H10O5. The molecule has 20 heavy (non-hydrogen) atoms. The minimum Gasteiger partial charge on any atom is -0.508 e. The number of ketones is 1. The number of hydrogen-bond acceptors (Lipinski definition) is 5. The average molecular weight is 270 g/mol. The molecule has 0 spiro atoms. The highest BCUT2D eigenvalue weighted by atomic mass is 16.3. The molecule has 0 saturated carbocycles. The molecule has 0 aliphatic heterocycles. The van der Waals surface area contributed by atoms with Gasteiger partial charge in [-0.05, 0) is 36.4 Å². The molecule has 3 aromatic rings. The van der Waals surface area contributed by atoms with Crippen molar-refractivity contribution in [1.82, 2.24) is 0 Å². The van der Waals surface area contributed by atoms with E-state index in [1.54, 1.807) is 0 Å². The van der Waals surface area contributed by atoms with Gasteiger partial charge in [0, 0.05) is 17.0 Å². The summed E-state index contributed by atoms with van der Waals surface area (Å²) in [5.74, 6) is -0.769. The number of phenols is 3. The molecule has 100 valence electrons. The quantitative estimate of drug-likeness (QED) is 0.492. The second kappa shape index (κ2) is 4.31. The summed E-state index contributed by atoms with van der Waals surface area (Å²) in [5, 5.41) is 28.5. The third-order valence-corrected chi connectivity index (χ3v) is 2.97. The first-order chi connectivity index (χ1) is 9.54. The molecule has 0 radical (unpaired) electrons. The van der Waals surface area contributed by atoms with Crippen LogP contribution in [0.4, 0.5) is 0 Å². The number of carbonyl (C=O) groups excluding carboxylic acids is 1. The van der Waals surface area contributed by atoms with Crippen molar-refractivity contribution in [3.8, 4) is 17.2 Å². The number of hydrogen-bond donors (Lipinski definition) is 3. The van der Waals surface area contributed by atoms with E-state index in [0.717, 1.165) is 0 Å². The normalized spacial score (nSPS) is 10.8. The first-order valence-corrected chi connectivity index (χ1v) is 5.84. The van der Waals surface area contributed by atoms with Crippen LogP contribution in [0.1, 0.15) is 16.1 Å². The number of rotatable bonds is 2. The third-order valence-electron chi connectivity index (χ3n) is 2.97. The number of benzene rings is 2. The highest BCUT2D eigenvalue weighted by Crippen LogP contribution is 2.32. The van der Waals surface area contributed by atoms with Crippen molar-refractivity contribution in [2.45, 2.75) is 0 Å². The van der Waals surface area contributed by atoms with Crippen molar-refractivity contribution in [1.29, 1.82) is 0 Å². The zero-order valence-electron chi connectivity index (χ0n) is 10.2. The number of aromatic hydroxyl groups is 3. The molecule has 3 N–H and O–H groups in total. The third kappa shape index (κ3) is 1.95. The van der Waals surface area contributed by atoms with Gasteiger partial charge < -0.3 is 19.7 Å². The number of fused-ring (bicyclic) bond motifs is 1. The largest absolute Gasteiger partial charge is 0.508 e. The molecule has 0 saturated heterocycles. The van der Waals surface area contributed by atoms with Crippen molar-refractivity contribution >= 4 is 16.8 Å². The predicted molar refractivity (Wildman–Crippen MR) is 71.1 cm³/mol. The zero-order chi connectivity index (χ0) is 14.3. The van der Waals surface area contributed by atoms with Crippen LogP contribution in [0.25, 0.3) is 11.0 Å². The Labute approximate surface area is 113 Å². The molecule has 2 aromatic carbocycles. The Morgan fingerprint density at radius 1 is 0.900 bits per heavy atom. The van der Waals surface area contributed by atoms with Gasteiger partial charge in [0.2, 0.25) is 5.78 Å². The maximum atomic E-state index is 12.2. The summed E-state index contributed by atoms with van der Waals surface area (Å²) in [5.41, 5.74) is 0.678. The highest BCUT2D eigenvalue weighted by molar-refractivity contribution is 6.09. The topological polar surface area (TPSA) is 90.9 Å². The van der Waals surface area contributed by atoms with Crippen LogP contribution in [-0.2, 0) is 0 Å². The summed E-state index contributed by atoms with van der Waals surface area (Å²) in [6.45, 7) is 0. The number of phenolic OH excluding ortho intramolecular Hbond substituents is 3. The Hall–Kier alpha value is -2.95. The van der Waals surface area contributed by atoms with Crippen LogP contribution in [0.2, 0.25) is 0 Å². The van der Waals surface area contributed by atoms with Crippen LogP contribution in [0.15, 0.2) is 46.9 Å². The lowest BCUT2D eigenvalue weighted by atomic mass is 10.1. The molecule has 3 rings (SSSR count).